The molecule has 0 radical (unpaired) electrons. The molecule has 2 N–H and O–H groups in total. The minimum atomic E-state index is -1.58. The standard InChI is InChI=1S/C4H7NO4.Na/c5-2(4(8)9)1-3(6)7;/h2H,1,5H2,(H,6,7)(H,8,9);/q;+1/p-2. The Morgan fingerprint density at radius 3 is 1.90 bits per heavy atom. The van der Waals surface area contributed by atoms with Crippen molar-refractivity contribution in [1.82, 2.24) is 0 Å². The second-order valence-electron chi connectivity index (χ2n) is 1.50. The van der Waals surface area contributed by atoms with E-state index in [2.05, 4.69) is 0 Å². The van der Waals surface area contributed by atoms with Crippen LogP contribution in [0.15, 0.2) is 0 Å². The molecular formula is C4H5NNaO4-. The first kappa shape index (κ1) is 12.6. The maximum atomic E-state index is 9.71. The smallest absolute Gasteiger partial charge is 0.550 e. The Kier molecular flexibility index (Phi) is 7.12. The van der Waals surface area contributed by atoms with Gasteiger partial charge in [-0.05, 0) is 0 Å². The normalized spacial score (nSPS) is 11.3. The Morgan fingerprint density at radius 2 is 1.80 bits per heavy atom. The van der Waals surface area contributed by atoms with Crippen molar-refractivity contribution in [3.8, 4) is 0 Å². The molecule has 0 saturated carbocycles. The van der Waals surface area contributed by atoms with Crippen LogP contribution < -0.4 is 45.5 Å². The summed E-state index contributed by atoms with van der Waals surface area (Å²) >= 11 is 0. The number of hydrogen-bond acceptors (Lipinski definition) is 5. The third-order valence-corrected chi connectivity index (χ3v) is 0.689. The first-order valence-electron chi connectivity index (χ1n) is 2.20. The summed E-state index contributed by atoms with van der Waals surface area (Å²) in [6.07, 6.45) is -0.706. The molecule has 0 fully saturated rings. The zero-order chi connectivity index (χ0) is 7.44. The monoisotopic (exact) mass is 154 g/mol. The topological polar surface area (TPSA) is 106 Å². The van der Waals surface area contributed by atoms with Gasteiger partial charge in [0, 0.05) is 18.4 Å². The van der Waals surface area contributed by atoms with Crippen molar-refractivity contribution in [3.63, 3.8) is 0 Å². The molecule has 5 nitrogen and oxygen atoms in total. The number of nitrogens with two attached hydrogens (primary N) is 1. The van der Waals surface area contributed by atoms with E-state index in [1.165, 1.54) is 0 Å². The molecule has 0 aromatic carbocycles. The van der Waals surface area contributed by atoms with E-state index < -0.39 is 24.4 Å². The fourth-order valence-corrected chi connectivity index (χ4v) is 0.263. The van der Waals surface area contributed by atoms with E-state index in [0.29, 0.717) is 0 Å². The molecule has 1 atom stereocenters. The van der Waals surface area contributed by atoms with Gasteiger partial charge in [0.15, 0.2) is 0 Å². The van der Waals surface area contributed by atoms with Crippen LogP contribution in [0.25, 0.3) is 0 Å². The SMILES string of the molecule is NC(CC(=O)[O-])C(=O)[O-].[Na+]. The van der Waals surface area contributed by atoms with Crippen LogP contribution in [0, 0.1) is 0 Å². The van der Waals surface area contributed by atoms with Crippen molar-refractivity contribution in [3.05, 3.63) is 0 Å². The van der Waals surface area contributed by atoms with Gasteiger partial charge in [0.25, 0.3) is 0 Å². The average Bonchev–Trinajstić information content (AvgIpc) is 1.63. The van der Waals surface area contributed by atoms with Crippen LogP contribution in [0.5, 0.6) is 0 Å². The fraction of sp³-hybridized carbons (Fsp3) is 0.500. The molecule has 0 amide bonds. The van der Waals surface area contributed by atoms with Crippen LogP contribution in [-0.4, -0.2) is 18.0 Å². The van der Waals surface area contributed by atoms with Gasteiger partial charge in [-0.3, -0.25) is 0 Å². The van der Waals surface area contributed by atoms with E-state index in [9.17, 15) is 19.8 Å². The van der Waals surface area contributed by atoms with Crippen LogP contribution in [0.1, 0.15) is 6.42 Å². The maximum Gasteiger partial charge on any atom is 1.00 e. The van der Waals surface area contributed by atoms with Crippen LogP contribution in [-0.2, 0) is 9.59 Å². The molecule has 6 heteroatoms. The predicted molar refractivity (Wildman–Crippen MR) is 22.6 cm³/mol. The van der Waals surface area contributed by atoms with E-state index in [0.717, 1.165) is 0 Å². The van der Waals surface area contributed by atoms with E-state index in [1.807, 2.05) is 0 Å². The molecule has 0 bridgehead atoms. The number of carbonyl (C=O) groups excluding carboxylic acids is 2. The van der Waals surface area contributed by atoms with Gasteiger partial charge < -0.3 is 25.5 Å². The Bertz CT molecular complexity index is 137. The van der Waals surface area contributed by atoms with Gasteiger partial charge in [-0.25, -0.2) is 0 Å². The summed E-state index contributed by atoms with van der Waals surface area (Å²) in [7, 11) is 0. The molecule has 0 aliphatic rings. The molecule has 1 unspecified atom stereocenters. The summed E-state index contributed by atoms with van der Waals surface area (Å²) in [4.78, 5) is 19.3. The number of carboxylic acids is 2. The Balaban J connectivity index is 0. The predicted octanol–water partition coefficient (Wildman–Crippen LogP) is -6.79. The third kappa shape index (κ3) is 6.03. The van der Waals surface area contributed by atoms with Crippen LogP contribution in [0.2, 0.25) is 0 Å². The molecule has 0 aromatic rings. The van der Waals surface area contributed by atoms with Crippen LogP contribution >= 0.6 is 0 Å². The molecule has 0 heterocycles. The summed E-state index contributed by atoms with van der Waals surface area (Å²) in [6.45, 7) is 0. The third-order valence-electron chi connectivity index (χ3n) is 0.689. The van der Waals surface area contributed by atoms with Crippen molar-refractivity contribution in [1.29, 1.82) is 0 Å². The molecule has 52 valence electrons. The summed E-state index contributed by atoms with van der Waals surface area (Å²) < 4.78 is 0. The second kappa shape index (κ2) is 5.67. The zero-order valence-electron chi connectivity index (χ0n) is 5.49. The maximum absolute atomic E-state index is 9.71. The van der Waals surface area contributed by atoms with Gasteiger partial charge in [0.1, 0.15) is 0 Å². The van der Waals surface area contributed by atoms with E-state index in [-0.39, 0.29) is 29.6 Å². The van der Waals surface area contributed by atoms with Crippen molar-refractivity contribution in [2.24, 2.45) is 5.73 Å². The summed E-state index contributed by atoms with van der Waals surface area (Å²) in [6, 6.07) is -1.46. The number of rotatable bonds is 3. The molecule has 10 heavy (non-hydrogen) atoms. The van der Waals surface area contributed by atoms with Crippen LogP contribution in [0.4, 0.5) is 0 Å². The summed E-state index contributed by atoms with van der Waals surface area (Å²) in [5.74, 6) is -3.08. The van der Waals surface area contributed by atoms with Crippen LogP contribution in [0.3, 0.4) is 0 Å². The van der Waals surface area contributed by atoms with Gasteiger partial charge in [0.2, 0.25) is 0 Å². The fourth-order valence-electron chi connectivity index (χ4n) is 0.263. The zero-order valence-corrected chi connectivity index (χ0v) is 7.49. The van der Waals surface area contributed by atoms with E-state index >= 15 is 0 Å². The quantitative estimate of drug-likeness (QED) is 0.406. The van der Waals surface area contributed by atoms with Crippen molar-refractivity contribution in [2.45, 2.75) is 12.5 Å². The van der Waals surface area contributed by atoms with Gasteiger partial charge in [-0.1, -0.05) is 0 Å². The summed E-state index contributed by atoms with van der Waals surface area (Å²) in [5, 5.41) is 19.3. The number of hydrogen-bond donors (Lipinski definition) is 1. The Morgan fingerprint density at radius 1 is 1.40 bits per heavy atom. The number of carbonyl (C=O) groups is 2. The average molecular weight is 154 g/mol. The van der Waals surface area contributed by atoms with Gasteiger partial charge in [0.05, 0.1) is 5.97 Å². The molecule has 0 rings (SSSR count). The van der Waals surface area contributed by atoms with Gasteiger partial charge >= 0.3 is 29.6 Å². The molecular weight excluding hydrogens is 149 g/mol. The molecule has 0 aromatic heterocycles. The first-order valence-corrected chi connectivity index (χ1v) is 2.20. The Labute approximate surface area is 79.5 Å². The van der Waals surface area contributed by atoms with E-state index in [1.54, 1.807) is 0 Å². The van der Waals surface area contributed by atoms with Gasteiger partial charge in [-0.15, -0.1) is 0 Å². The van der Waals surface area contributed by atoms with Crippen molar-refractivity contribution < 1.29 is 49.4 Å². The minimum Gasteiger partial charge on any atom is -0.550 e. The Hall–Kier alpha value is -0.100. The molecule has 0 spiro atoms. The second-order valence-corrected chi connectivity index (χ2v) is 1.50. The molecule has 0 aliphatic carbocycles. The summed E-state index contributed by atoms with van der Waals surface area (Å²) in [5.41, 5.74) is 4.73. The van der Waals surface area contributed by atoms with Crippen molar-refractivity contribution in [2.75, 3.05) is 0 Å². The number of aliphatic carboxylic acids is 2. The number of carboxylic acid groups (broad SMARTS) is 2. The van der Waals surface area contributed by atoms with Crippen molar-refractivity contribution >= 4 is 11.9 Å². The largest absolute Gasteiger partial charge is 1.00 e. The molecule has 0 aliphatic heterocycles. The first-order chi connectivity index (χ1) is 4.04. The van der Waals surface area contributed by atoms with E-state index in [4.69, 9.17) is 5.73 Å². The van der Waals surface area contributed by atoms with Gasteiger partial charge in [-0.2, -0.15) is 0 Å². The molecule has 0 saturated heterocycles. The minimum absolute atomic E-state index is 0.